The molecule has 0 spiro atoms. The van der Waals surface area contributed by atoms with Crippen LogP contribution < -0.4 is 5.69 Å². The van der Waals surface area contributed by atoms with Crippen LogP contribution in [0.2, 0.25) is 0 Å². The fourth-order valence-corrected chi connectivity index (χ4v) is 0.527. The van der Waals surface area contributed by atoms with Gasteiger partial charge in [-0.05, 0) is 0 Å². The average Bonchev–Trinajstić information content (AvgIpc) is 2.13. The Hall–Kier alpha value is -1.10. The predicted molar refractivity (Wildman–Crippen MR) is 29.8 cm³/mol. The third-order valence-electron chi connectivity index (χ3n) is 0.966. The van der Waals surface area contributed by atoms with Gasteiger partial charge in [0.1, 0.15) is 6.61 Å². The zero-order chi connectivity index (χ0) is 6.85. The molecule has 2 N–H and O–H groups in total. The van der Waals surface area contributed by atoms with Crippen molar-refractivity contribution in [1.29, 1.82) is 0 Å². The van der Waals surface area contributed by atoms with Crippen LogP contribution in [0.4, 0.5) is 0 Å². The van der Waals surface area contributed by atoms with Crippen LogP contribution in [0.25, 0.3) is 0 Å². The lowest BCUT2D eigenvalue weighted by Crippen LogP contribution is -2.13. The molecule has 1 aromatic rings. The molecule has 0 bridgehead atoms. The van der Waals surface area contributed by atoms with Gasteiger partial charge in [-0.1, -0.05) is 0 Å². The highest BCUT2D eigenvalue weighted by atomic mass is 16.3. The number of H-pyrrole nitrogens is 1. The van der Waals surface area contributed by atoms with Crippen molar-refractivity contribution in [1.82, 2.24) is 14.8 Å². The summed E-state index contributed by atoms with van der Waals surface area (Å²) in [5, 5.41) is 12.1. The second-order valence-electron chi connectivity index (χ2n) is 1.66. The first-order valence-corrected chi connectivity index (χ1v) is 2.47. The molecule has 5 nitrogen and oxygen atoms in total. The quantitative estimate of drug-likeness (QED) is 0.490. The second kappa shape index (κ2) is 2.02. The van der Waals surface area contributed by atoms with Crippen molar-refractivity contribution in [3.8, 4) is 0 Å². The Morgan fingerprint density at radius 3 is 2.78 bits per heavy atom. The van der Waals surface area contributed by atoms with Gasteiger partial charge in [-0.3, -0.25) is 4.98 Å². The summed E-state index contributed by atoms with van der Waals surface area (Å²) in [6.07, 6.45) is 0. The van der Waals surface area contributed by atoms with Gasteiger partial charge in [0, 0.05) is 7.05 Å². The van der Waals surface area contributed by atoms with E-state index in [1.54, 1.807) is 0 Å². The molecule has 5 heteroatoms. The SMILES string of the molecule is Cn1nc(CO)[nH]c1=O. The monoisotopic (exact) mass is 129 g/mol. The van der Waals surface area contributed by atoms with E-state index < -0.39 is 0 Å². The van der Waals surface area contributed by atoms with Crippen LogP contribution in [-0.2, 0) is 13.7 Å². The van der Waals surface area contributed by atoms with Gasteiger partial charge in [-0.15, -0.1) is 0 Å². The third-order valence-corrected chi connectivity index (χ3v) is 0.966. The number of aliphatic hydroxyl groups is 1. The minimum absolute atomic E-state index is 0.226. The maximum Gasteiger partial charge on any atom is 0.343 e. The molecule has 0 atom stereocenters. The highest BCUT2D eigenvalue weighted by Gasteiger charge is 1.96. The van der Waals surface area contributed by atoms with E-state index in [9.17, 15) is 4.79 Å². The minimum atomic E-state index is -0.306. The molecule has 0 aliphatic carbocycles. The Kier molecular flexibility index (Phi) is 1.35. The standard InChI is InChI=1S/C4H7N3O2/c1-7-4(9)5-3(2-8)6-7/h8H,2H2,1H3,(H,5,6,9). The Balaban J connectivity index is 3.13. The summed E-state index contributed by atoms with van der Waals surface area (Å²) in [6, 6.07) is 0. The molecule has 0 amide bonds. The van der Waals surface area contributed by atoms with Gasteiger partial charge >= 0.3 is 5.69 Å². The van der Waals surface area contributed by atoms with Crippen LogP contribution in [0.5, 0.6) is 0 Å². The molecule has 0 fully saturated rings. The molecular weight excluding hydrogens is 122 g/mol. The van der Waals surface area contributed by atoms with Gasteiger partial charge in [0.25, 0.3) is 0 Å². The van der Waals surface area contributed by atoms with E-state index in [0.717, 1.165) is 4.68 Å². The summed E-state index contributed by atoms with van der Waals surface area (Å²) in [7, 11) is 1.51. The molecule has 50 valence electrons. The number of hydrogen-bond donors (Lipinski definition) is 2. The summed E-state index contributed by atoms with van der Waals surface area (Å²) >= 11 is 0. The zero-order valence-corrected chi connectivity index (χ0v) is 4.96. The summed E-state index contributed by atoms with van der Waals surface area (Å²) in [5.41, 5.74) is -0.306. The molecule has 0 radical (unpaired) electrons. The topological polar surface area (TPSA) is 70.9 Å². The van der Waals surface area contributed by atoms with Crippen LogP contribution in [-0.4, -0.2) is 19.9 Å². The van der Waals surface area contributed by atoms with E-state index in [4.69, 9.17) is 5.11 Å². The van der Waals surface area contributed by atoms with Crippen LogP contribution in [0.15, 0.2) is 4.79 Å². The minimum Gasteiger partial charge on any atom is -0.388 e. The highest BCUT2D eigenvalue weighted by Crippen LogP contribution is 1.78. The molecule has 0 aromatic carbocycles. The third kappa shape index (κ3) is 0.996. The zero-order valence-electron chi connectivity index (χ0n) is 4.96. The fourth-order valence-electron chi connectivity index (χ4n) is 0.527. The van der Waals surface area contributed by atoms with E-state index in [1.165, 1.54) is 7.05 Å². The van der Waals surface area contributed by atoms with Crippen molar-refractivity contribution in [3.05, 3.63) is 16.3 Å². The predicted octanol–water partition coefficient (Wildman–Crippen LogP) is -1.40. The lowest BCUT2D eigenvalue weighted by molar-refractivity contribution is 0.271. The van der Waals surface area contributed by atoms with Crippen LogP contribution in [0.1, 0.15) is 5.82 Å². The number of aromatic nitrogens is 3. The summed E-state index contributed by atoms with van der Waals surface area (Å²) < 4.78 is 1.13. The van der Waals surface area contributed by atoms with Gasteiger partial charge < -0.3 is 5.11 Å². The Labute approximate surface area is 50.9 Å². The largest absolute Gasteiger partial charge is 0.388 e. The summed E-state index contributed by atoms with van der Waals surface area (Å²) in [5.74, 6) is 0.294. The van der Waals surface area contributed by atoms with Crippen molar-refractivity contribution in [2.75, 3.05) is 0 Å². The first-order chi connectivity index (χ1) is 4.24. The maximum absolute atomic E-state index is 10.5. The molecule has 0 aliphatic heterocycles. The van der Waals surface area contributed by atoms with Crippen molar-refractivity contribution in [2.24, 2.45) is 7.05 Å². The lowest BCUT2D eigenvalue weighted by atomic mass is 10.7. The van der Waals surface area contributed by atoms with Crippen molar-refractivity contribution >= 4 is 0 Å². The Morgan fingerprint density at radius 2 is 2.56 bits per heavy atom. The number of aliphatic hydroxyl groups excluding tert-OH is 1. The Morgan fingerprint density at radius 1 is 1.89 bits per heavy atom. The van der Waals surface area contributed by atoms with E-state index in [1.807, 2.05) is 0 Å². The van der Waals surface area contributed by atoms with Gasteiger partial charge in [0.2, 0.25) is 0 Å². The molecule has 1 heterocycles. The molecule has 1 aromatic heterocycles. The summed E-state index contributed by atoms with van der Waals surface area (Å²) in [4.78, 5) is 12.9. The second-order valence-corrected chi connectivity index (χ2v) is 1.66. The number of hydrogen-bond acceptors (Lipinski definition) is 3. The molecule has 0 unspecified atom stereocenters. The molecule has 0 saturated heterocycles. The fraction of sp³-hybridized carbons (Fsp3) is 0.500. The molecular formula is C4H7N3O2. The van der Waals surface area contributed by atoms with Crippen LogP contribution in [0.3, 0.4) is 0 Å². The number of nitrogens with one attached hydrogen (secondary N) is 1. The number of nitrogens with zero attached hydrogens (tertiary/aromatic N) is 2. The molecule has 1 rings (SSSR count). The lowest BCUT2D eigenvalue weighted by Gasteiger charge is -1.80. The van der Waals surface area contributed by atoms with Gasteiger partial charge in [0.15, 0.2) is 5.82 Å². The van der Waals surface area contributed by atoms with E-state index in [2.05, 4.69) is 10.1 Å². The van der Waals surface area contributed by atoms with Crippen LogP contribution >= 0.6 is 0 Å². The molecule has 0 saturated carbocycles. The number of aromatic amines is 1. The Bertz CT molecular complexity index is 249. The van der Waals surface area contributed by atoms with Gasteiger partial charge in [-0.2, -0.15) is 5.10 Å². The average molecular weight is 129 g/mol. The first-order valence-electron chi connectivity index (χ1n) is 2.47. The van der Waals surface area contributed by atoms with Crippen molar-refractivity contribution < 1.29 is 5.11 Å². The van der Waals surface area contributed by atoms with Crippen molar-refractivity contribution in [2.45, 2.75) is 6.61 Å². The molecule has 9 heavy (non-hydrogen) atoms. The highest BCUT2D eigenvalue weighted by molar-refractivity contribution is 4.76. The number of rotatable bonds is 1. The van der Waals surface area contributed by atoms with Gasteiger partial charge in [-0.25, -0.2) is 9.48 Å². The van der Waals surface area contributed by atoms with Crippen LogP contribution in [0, 0.1) is 0 Å². The summed E-state index contributed by atoms with van der Waals surface area (Å²) in [6.45, 7) is -0.226. The molecule has 0 aliphatic rings. The van der Waals surface area contributed by atoms with Crippen molar-refractivity contribution in [3.63, 3.8) is 0 Å². The normalized spacial score (nSPS) is 10.0. The van der Waals surface area contributed by atoms with E-state index in [-0.39, 0.29) is 12.3 Å². The number of aryl methyl sites for hydroxylation is 1. The first kappa shape index (κ1) is 6.03. The van der Waals surface area contributed by atoms with E-state index in [0.29, 0.717) is 5.82 Å². The van der Waals surface area contributed by atoms with Gasteiger partial charge in [0.05, 0.1) is 0 Å². The smallest absolute Gasteiger partial charge is 0.343 e. The maximum atomic E-state index is 10.5. The van der Waals surface area contributed by atoms with E-state index >= 15 is 0 Å².